The van der Waals surface area contributed by atoms with Gasteiger partial charge in [0.2, 0.25) is 11.8 Å². The molecule has 0 bridgehead atoms. The summed E-state index contributed by atoms with van der Waals surface area (Å²) in [6, 6.07) is 9.39. The fourth-order valence-corrected chi connectivity index (χ4v) is 3.42. The number of hydrogen-bond donors (Lipinski definition) is 3. The van der Waals surface area contributed by atoms with Crippen molar-refractivity contribution in [3.63, 3.8) is 0 Å². The van der Waals surface area contributed by atoms with Crippen LogP contribution >= 0.6 is 0 Å². The third-order valence-electron chi connectivity index (χ3n) is 4.81. The minimum atomic E-state index is -0.862. The Morgan fingerprint density at radius 3 is 2.56 bits per heavy atom. The number of rotatable bonds is 7. The maximum absolute atomic E-state index is 12.2. The highest BCUT2D eigenvalue weighted by Crippen LogP contribution is 2.33. The lowest BCUT2D eigenvalue weighted by molar-refractivity contribution is -0.146. The molecule has 0 aliphatic heterocycles. The van der Waals surface area contributed by atoms with Crippen LogP contribution in [-0.2, 0) is 20.8 Å². The summed E-state index contributed by atoms with van der Waals surface area (Å²) in [6.07, 6.45) is 3.45. The third kappa shape index (κ3) is 5.59. The van der Waals surface area contributed by atoms with E-state index in [0.717, 1.165) is 18.4 Å². The van der Waals surface area contributed by atoms with Crippen LogP contribution in [0.25, 0.3) is 0 Å². The highest BCUT2D eigenvalue weighted by molar-refractivity contribution is 5.81. The Labute approximate surface area is 148 Å². The van der Waals surface area contributed by atoms with Crippen LogP contribution in [-0.4, -0.2) is 35.0 Å². The number of amides is 2. The minimum Gasteiger partial charge on any atom is -0.481 e. The summed E-state index contributed by atoms with van der Waals surface area (Å²) in [7, 11) is 0. The minimum absolute atomic E-state index is 0.133. The number of aliphatic carboxylic acids is 1. The van der Waals surface area contributed by atoms with E-state index in [1.165, 1.54) is 0 Å². The van der Waals surface area contributed by atoms with Gasteiger partial charge in [-0.25, -0.2) is 0 Å². The zero-order valence-corrected chi connectivity index (χ0v) is 14.6. The molecule has 2 atom stereocenters. The van der Waals surface area contributed by atoms with Crippen LogP contribution in [0.1, 0.15) is 44.6 Å². The zero-order valence-electron chi connectivity index (χ0n) is 14.6. The molecule has 1 aliphatic carbocycles. The molecule has 1 aromatic rings. The van der Waals surface area contributed by atoms with E-state index in [2.05, 4.69) is 10.6 Å². The Morgan fingerprint density at radius 1 is 1.16 bits per heavy atom. The standard InChI is InChI=1S/C19H26N2O4/c1-19(11-6-5-9-15(19)18(24)25)21-16(22)10-12-20-17(23)13-14-7-3-2-4-8-14/h2-4,7-8,15H,5-6,9-13H2,1H3,(H,20,23)(H,21,22)(H,24,25). The Morgan fingerprint density at radius 2 is 1.88 bits per heavy atom. The van der Waals surface area contributed by atoms with E-state index < -0.39 is 17.4 Å². The van der Waals surface area contributed by atoms with Crippen molar-refractivity contribution in [2.24, 2.45) is 5.92 Å². The first-order valence-corrected chi connectivity index (χ1v) is 8.75. The zero-order chi connectivity index (χ0) is 18.3. The topological polar surface area (TPSA) is 95.5 Å². The second kappa shape index (κ2) is 8.65. The number of hydrogen-bond acceptors (Lipinski definition) is 3. The smallest absolute Gasteiger partial charge is 0.308 e. The van der Waals surface area contributed by atoms with Gasteiger partial charge in [0.05, 0.1) is 17.9 Å². The van der Waals surface area contributed by atoms with Crippen LogP contribution < -0.4 is 10.6 Å². The lowest BCUT2D eigenvalue weighted by Gasteiger charge is -2.39. The Balaban J connectivity index is 1.76. The molecule has 3 N–H and O–H groups in total. The van der Waals surface area contributed by atoms with Crippen LogP contribution in [0, 0.1) is 5.92 Å². The molecule has 2 amide bonds. The van der Waals surface area contributed by atoms with Crippen molar-refractivity contribution in [2.75, 3.05) is 6.54 Å². The van der Waals surface area contributed by atoms with Gasteiger partial charge in [0.15, 0.2) is 0 Å². The largest absolute Gasteiger partial charge is 0.481 e. The molecule has 1 aromatic carbocycles. The molecule has 1 fully saturated rings. The predicted molar refractivity (Wildman–Crippen MR) is 93.9 cm³/mol. The summed E-state index contributed by atoms with van der Waals surface area (Å²) < 4.78 is 0. The SMILES string of the molecule is CC1(NC(=O)CCNC(=O)Cc2ccccc2)CCCCC1C(=O)O. The van der Waals surface area contributed by atoms with Crippen molar-refractivity contribution in [3.05, 3.63) is 35.9 Å². The number of carboxylic acid groups (broad SMARTS) is 1. The summed E-state index contributed by atoms with van der Waals surface area (Å²) >= 11 is 0. The number of benzene rings is 1. The van der Waals surface area contributed by atoms with Gasteiger partial charge in [-0.3, -0.25) is 14.4 Å². The second-order valence-electron chi connectivity index (χ2n) is 6.86. The normalized spacial score (nSPS) is 22.8. The predicted octanol–water partition coefficient (Wildman–Crippen LogP) is 1.89. The van der Waals surface area contributed by atoms with Gasteiger partial charge in [0.1, 0.15) is 0 Å². The Kier molecular flexibility index (Phi) is 6.56. The molecule has 136 valence electrons. The number of nitrogens with one attached hydrogen (secondary N) is 2. The maximum Gasteiger partial charge on any atom is 0.308 e. The fourth-order valence-electron chi connectivity index (χ4n) is 3.42. The summed E-state index contributed by atoms with van der Waals surface area (Å²) in [5.74, 6) is -1.78. The molecule has 1 aliphatic rings. The molecule has 6 heteroatoms. The summed E-state index contributed by atoms with van der Waals surface area (Å²) in [6.45, 7) is 2.04. The van der Waals surface area contributed by atoms with E-state index in [1.54, 1.807) is 6.92 Å². The molecule has 0 radical (unpaired) electrons. The third-order valence-corrected chi connectivity index (χ3v) is 4.81. The molecule has 1 saturated carbocycles. The van der Waals surface area contributed by atoms with Crippen LogP contribution in [0.3, 0.4) is 0 Å². The highest BCUT2D eigenvalue weighted by Gasteiger charge is 2.41. The van der Waals surface area contributed by atoms with Crippen LogP contribution in [0.5, 0.6) is 0 Å². The first-order valence-electron chi connectivity index (χ1n) is 8.75. The Bertz CT molecular complexity index is 617. The quantitative estimate of drug-likeness (QED) is 0.702. The monoisotopic (exact) mass is 346 g/mol. The highest BCUT2D eigenvalue weighted by atomic mass is 16.4. The van der Waals surface area contributed by atoms with Crippen LogP contribution in [0.4, 0.5) is 0 Å². The van der Waals surface area contributed by atoms with Gasteiger partial charge in [-0.15, -0.1) is 0 Å². The maximum atomic E-state index is 12.2. The lowest BCUT2D eigenvalue weighted by atomic mass is 9.74. The first-order chi connectivity index (χ1) is 11.9. The van der Waals surface area contributed by atoms with Gasteiger partial charge in [0, 0.05) is 13.0 Å². The van der Waals surface area contributed by atoms with Crippen molar-refractivity contribution in [3.8, 4) is 0 Å². The van der Waals surface area contributed by atoms with Gasteiger partial charge in [0.25, 0.3) is 0 Å². The van der Waals surface area contributed by atoms with Crippen molar-refractivity contribution >= 4 is 17.8 Å². The molecule has 25 heavy (non-hydrogen) atoms. The van der Waals surface area contributed by atoms with Crippen molar-refractivity contribution in [2.45, 2.75) is 51.0 Å². The van der Waals surface area contributed by atoms with Crippen LogP contribution in [0.2, 0.25) is 0 Å². The fraction of sp³-hybridized carbons (Fsp3) is 0.526. The van der Waals surface area contributed by atoms with Crippen LogP contribution in [0.15, 0.2) is 30.3 Å². The van der Waals surface area contributed by atoms with Crippen molar-refractivity contribution < 1.29 is 19.5 Å². The number of carbonyl (C=O) groups excluding carboxylic acids is 2. The van der Waals surface area contributed by atoms with E-state index in [-0.39, 0.29) is 31.2 Å². The van der Waals surface area contributed by atoms with E-state index in [9.17, 15) is 19.5 Å². The molecule has 2 unspecified atom stereocenters. The van der Waals surface area contributed by atoms with Gasteiger partial charge in [-0.2, -0.15) is 0 Å². The Hall–Kier alpha value is -2.37. The average molecular weight is 346 g/mol. The van der Waals surface area contributed by atoms with E-state index in [4.69, 9.17) is 0 Å². The first kappa shape index (κ1) is 19.0. The summed E-state index contributed by atoms with van der Waals surface area (Å²) in [5.41, 5.74) is 0.207. The molecule has 6 nitrogen and oxygen atoms in total. The molecule has 0 saturated heterocycles. The molecule has 2 rings (SSSR count). The van der Waals surface area contributed by atoms with E-state index in [0.29, 0.717) is 12.8 Å². The van der Waals surface area contributed by atoms with E-state index >= 15 is 0 Å². The van der Waals surface area contributed by atoms with Crippen molar-refractivity contribution in [1.82, 2.24) is 10.6 Å². The number of carboxylic acids is 1. The number of carbonyl (C=O) groups is 3. The van der Waals surface area contributed by atoms with Crippen molar-refractivity contribution in [1.29, 1.82) is 0 Å². The summed E-state index contributed by atoms with van der Waals surface area (Å²) in [4.78, 5) is 35.5. The van der Waals surface area contributed by atoms with Gasteiger partial charge < -0.3 is 15.7 Å². The molecule has 0 aromatic heterocycles. The molecular weight excluding hydrogens is 320 g/mol. The molecular formula is C19H26N2O4. The average Bonchev–Trinajstić information content (AvgIpc) is 2.55. The van der Waals surface area contributed by atoms with Gasteiger partial charge >= 0.3 is 5.97 Å². The summed E-state index contributed by atoms with van der Waals surface area (Å²) in [5, 5.41) is 15.0. The van der Waals surface area contributed by atoms with Gasteiger partial charge in [-0.1, -0.05) is 43.2 Å². The van der Waals surface area contributed by atoms with Gasteiger partial charge in [-0.05, 0) is 25.3 Å². The lowest BCUT2D eigenvalue weighted by Crippen LogP contribution is -2.55. The van der Waals surface area contributed by atoms with E-state index in [1.807, 2.05) is 30.3 Å². The molecule has 0 spiro atoms. The molecule has 0 heterocycles. The second-order valence-corrected chi connectivity index (χ2v) is 6.86.